The molecule has 2 heterocycles. The van der Waals surface area contributed by atoms with Gasteiger partial charge in [0, 0.05) is 24.0 Å². The summed E-state index contributed by atoms with van der Waals surface area (Å²) in [5.74, 6) is 0.271. The van der Waals surface area contributed by atoms with Crippen molar-refractivity contribution in [1.29, 1.82) is 0 Å². The Hall–Kier alpha value is -0.870. The summed E-state index contributed by atoms with van der Waals surface area (Å²) in [5.41, 5.74) is 0.969. The lowest BCUT2D eigenvalue weighted by Gasteiger charge is -2.32. The minimum atomic E-state index is -0.224. The molecule has 3 rings (SSSR count). The predicted octanol–water partition coefficient (Wildman–Crippen LogP) is 1.83. The number of fused-ring (bicyclic) bond motifs is 1. The van der Waals surface area contributed by atoms with Gasteiger partial charge < -0.3 is 4.90 Å². The molecule has 2 aliphatic rings. The molecule has 0 aliphatic carbocycles. The van der Waals surface area contributed by atoms with Crippen LogP contribution in [-0.2, 0) is 10.5 Å². The van der Waals surface area contributed by atoms with E-state index in [0.29, 0.717) is 6.42 Å². The van der Waals surface area contributed by atoms with Crippen molar-refractivity contribution in [1.82, 2.24) is 10.2 Å². The zero-order chi connectivity index (χ0) is 11.2. The number of benzene rings is 1. The summed E-state index contributed by atoms with van der Waals surface area (Å²) in [6, 6.07) is 8.25. The van der Waals surface area contributed by atoms with E-state index in [1.54, 1.807) is 0 Å². The maximum Gasteiger partial charge on any atom is 0.224 e. The van der Waals surface area contributed by atoms with E-state index in [4.69, 9.17) is 0 Å². The van der Waals surface area contributed by atoms with E-state index in [-0.39, 0.29) is 11.6 Å². The first-order valence-electron chi connectivity index (χ1n) is 5.54. The second-order valence-electron chi connectivity index (χ2n) is 4.34. The fraction of sp³-hybridized carbons (Fsp3) is 0.417. The first kappa shape index (κ1) is 10.3. The summed E-state index contributed by atoms with van der Waals surface area (Å²) in [7, 11) is 0. The van der Waals surface area contributed by atoms with Crippen molar-refractivity contribution in [3.63, 3.8) is 0 Å². The minimum Gasteiger partial charge on any atom is -0.319 e. The zero-order valence-corrected chi connectivity index (χ0v) is 10.5. The molecule has 1 aromatic carbocycles. The summed E-state index contributed by atoms with van der Waals surface area (Å²) in [5, 5.41) is 3.49. The van der Waals surface area contributed by atoms with Gasteiger partial charge in [-0.15, -0.1) is 0 Å². The van der Waals surface area contributed by atoms with Crippen LogP contribution in [0.15, 0.2) is 28.7 Å². The van der Waals surface area contributed by atoms with Crippen molar-refractivity contribution in [2.45, 2.75) is 18.5 Å². The molecule has 4 heteroatoms. The van der Waals surface area contributed by atoms with Gasteiger partial charge in [-0.25, -0.2) is 0 Å². The number of amides is 1. The molecule has 1 atom stereocenters. The molecule has 1 unspecified atom stereocenters. The number of hydrogen-bond donors (Lipinski definition) is 1. The molecule has 0 spiro atoms. The Morgan fingerprint density at radius 2 is 2.06 bits per heavy atom. The first-order chi connectivity index (χ1) is 7.72. The van der Waals surface area contributed by atoms with E-state index in [9.17, 15) is 4.79 Å². The third kappa shape index (κ3) is 1.33. The van der Waals surface area contributed by atoms with Gasteiger partial charge in [0.05, 0.1) is 0 Å². The lowest BCUT2D eigenvalue weighted by atomic mass is 9.98. The van der Waals surface area contributed by atoms with Crippen molar-refractivity contribution >= 4 is 21.8 Å². The molecule has 1 amide bonds. The summed E-state index contributed by atoms with van der Waals surface area (Å²) < 4.78 is 1.07. The van der Waals surface area contributed by atoms with Crippen LogP contribution in [0.1, 0.15) is 18.4 Å². The van der Waals surface area contributed by atoms with Gasteiger partial charge in [0.1, 0.15) is 5.66 Å². The Morgan fingerprint density at radius 1 is 1.31 bits per heavy atom. The van der Waals surface area contributed by atoms with Gasteiger partial charge in [0.2, 0.25) is 5.91 Å². The van der Waals surface area contributed by atoms with Crippen LogP contribution < -0.4 is 5.32 Å². The van der Waals surface area contributed by atoms with E-state index in [2.05, 4.69) is 33.4 Å². The Kier molecular flexibility index (Phi) is 2.30. The highest BCUT2D eigenvalue weighted by atomic mass is 79.9. The molecule has 1 N–H and O–H groups in total. The highest BCUT2D eigenvalue weighted by molar-refractivity contribution is 9.10. The zero-order valence-electron chi connectivity index (χ0n) is 8.87. The van der Waals surface area contributed by atoms with Gasteiger partial charge in [-0.1, -0.05) is 28.1 Å². The first-order valence-corrected chi connectivity index (χ1v) is 6.33. The van der Waals surface area contributed by atoms with Crippen molar-refractivity contribution in [2.75, 3.05) is 13.1 Å². The summed E-state index contributed by atoms with van der Waals surface area (Å²) in [6.45, 7) is 1.72. The number of nitrogens with one attached hydrogen (secondary N) is 1. The van der Waals surface area contributed by atoms with Crippen LogP contribution >= 0.6 is 15.9 Å². The second-order valence-corrected chi connectivity index (χ2v) is 5.25. The van der Waals surface area contributed by atoms with Gasteiger partial charge in [-0.05, 0) is 24.1 Å². The third-order valence-electron chi connectivity index (χ3n) is 3.54. The summed E-state index contributed by atoms with van der Waals surface area (Å²) in [6.07, 6.45) is 1.54. The lowest BCUT2D eigenvalue weighted by Crippen LogP contribution is -2.45. The fourth-order valence-electron chi connectivity index (χ4n) is 2.77. The van der Waals surface area contributed by atoms with Gasteiger partial charge in [-0.2, -0.15) is 0 Å². The van der Waals surface area contributed by atoms with E-state index in [0.717, 1.165) is 24.0 Å². The Balaban J connectivity index is 2.04. The smallest absolute Gasteiger partial charge is 0.224 e. The Morgan fingerprint density at radius 3 is 2.81 bits per heavy atom. The standard InChI is InChI=1S/C12H13BrN2O/c13-10-3-1-9(2-4-10)12-6-5-11(16)15(12)8-7-14-12/h1-4,14H,5-8H2. The van der Waals surface area contributed by atoms with Crippen LogP contribution in [0, 0.1) is 0 Å². The summed E-state index contributed by atoms with van der Waals surface area (Å²) >= 11 is 3.44. The molecule has 84 valence electrons. The van der Waals surface area contributed by atoms with E-state index < -0.39 is 0 Å². The largest absolute Gasteiger partial charge is 0.319 e. The highest BCUT2D eigenvalue weighted by Crippen LogP contribution is 2.39. The lowest BCUT2D eigenvalue weighted by molar-refractivity contribution is -0.130. The maximum atomic E-state index is 11.8. The average Bonchev–Trinajstić information content (AvgIpc) is 2.82. The topological polar surface area (TPSA) is 32.3 Å². The number of nitrogens with zero attached hydrogens (tertiary/aromatic N) is 1. The van der Waals surface area contributed by atoms with E-state index in [1.165, 1.54) is 5.56 Å². The van der Waals surface area contributed by atoms with Crippen molar-refractivity contribution < 1.29 is 4.79 Å². The normalized spacial score (nSPS) is 28.6. The second kappa shape index (κ2) is 3.57. The van der Waals surface area contributed by atoms with E-state index >= 15 is 0 Å². The number of carbonyl (C=O) groups excluding carboxylic acids is 1. The van der Waals surface area contributed by atoms with E-state index in [1.807, 2.05) is 17.0 Å². The van der Waals surface area contributed by atoms with Gasteiger partial charge in [0.25, 0.3) is 0 Å². The molecular weight excluding hydrogens is 268 g/mol. The van der Waals surface area contributed by atoms with Crippen molar-refractivity contribution in [3.05, 3.63) is 34.3 Å². The molecule has 2 saturated heterocycles. The van der Waals surface area contributed by atoms with Crippen LogP contribution in [0.5, 0.6) is 0 Å². The molecule has 16 heavy (non-hydrogen) atoms. The highest BCUT2D eigenvalue weighted by Gasteiger charge is 2.49. The third-order valence-corrected chi connectivity index (χ3v) is 4.07. The minimum absolute atomic E-state index is 0.224. The molecule has 3 nitrogen and oxygen atoms in total. The molecule has 0 bridgehead atoms. The quantitative estimate of drug-likeness (QED) is 0.851. The fourth-order valence-corrected chi connectivity index (χ4v) is 3.04. The van der Waals surface area contributed by atoms with Crippen LogP contribution in [0.4, 0.5) is 0 Å². The molecular formula is C12H13BrN2O. The number of rotatable bonds is 1. The van der Waals surface area contributed by atoms with Gasteiger partial charge in [0.15, 0.2) is 0 Å². The van der Waals surface area contributed by atoms with Gasteiger partial charge >= 0.3 is 0 Å². The summed E-state index contributed by atoms with van der Waals surface area (Å²) in [4.78, 5) is 13.8. The number of carbonyl (C=O) groups is 1. The Bertz CT molecular complexity index is 431. The molecule has 0 saturated carbocycles. The molecule has 2 aliphatic heterocycles. The average molecular weight is 281 g/mol. The molecule has 0 aromatic heterocycles. The number of hydrogen-bond acceptors (Lipinski definition) is 2. The SMILES string of the molecule is O=C1CCC2(c3ccc(Br)cc3)NCCN12. The Labute approximate surface area is 103 Å². The maximum absolute atomic E-state index is 11.8. The molecule has 0 radical (unpaired) electrons. The van der Waals surface area contributed by atoms with Crippen LogP contribution in [0.25, 0.3) is 0 Å². The molecule has 1 aromatic rings. The van der Waals surface area contributed by atoms with Crippen molar-refractivity contribution in [2.24, 2.45) is 0 Å². The van der Waals surface area contributed by atoms with Crippen LogP contribution in [-0.4, -0.2) is 23.9 Å². The van der Waals surface area contributed by atoms with Crippen molar-refractivity contribution in [3.8, 4) is 0 Å². The van der Waals surface area contributed by atoms with Crippen LogP contribution in [0.3, 0.4) is 0 Å². The monoisotopic (exact) mass is 280 g/mol. The molecule has 2 fully saturated rings. The van der Waals surface area contributed by atoms with Gasteiger partial charge in [-0.3, -0.25) is 10.1 Å². The predicted molar refractivity (Wildman–Crippen MR) is 64.8 cm³/mol. The number of halogens is 1. The van der Waals surface area contributed by atoms with Crippen LogP contribution in [0.2, 0.25) is 0 Å².